The summed E-state index contributed by atoms with van der Waals surface area (Å²) in [4.78, 5) is 26.0. The third-order valence-electron chi connectivity index (χ3n) is 6.03. The number of benzene rings is 2. The first-order chi connectivity index (χ1) is 20.4. The molecule has 1 amide bonds. The molecule has 0 saturated heterocycles. The van der Waals surface area contributed by atoms with Gasteiger partial charge in [-0.05, 0) is 47.7 Å². The molecule has 0 unspecified atom stereocenters. The van der Waals surface area contributed by atoms with Gasteiger partial charge in [-0.2, -0.15) is 15.0 Å². The standard InChI is InChI=1S/C30H44N8O4/c1-22(2)12-14-33-28-36-29(34-21-24-6-10-26(40-3)11-7-24)38-30(37-28)35-25-8-4-23(5-9-25)20-27(39)32-15-17-42-19-18-41-16-13-31/h4-11,22H,12-21,31H2,1-3H3,(H,32,39)(H3,33,34,35,36,37,38). The number of carbonyl (C=O) groups excluding carboxylic acids is 1. The summed E-state index contributed by atoms with van der Waals surface area (Å²) < 4.78 is 15.9. The molecule has 1 heterocycles. The number of nitrogens with one attached hydrogen (secondary N) is 4. The number of hydrogen-bond donors (Lipinski definition) is 5. The molecule has 0 radical (unpaired) electrons. The van der Waals surface area contributed by atoms with Gasteiger partial charge in [0.25, 0.3) is 0 Å². The van der Waals surface area contributed by atoms with E-state index in [0.29, 0.717) is 69.8 Å². The van der Waals surface area contributed by atoms with Crippen molar-refractivity contribution in [3.63, 3.8) is 0 Å². The summed E-state index contributed by atoms with van der Waals surface area (Å²) in [5.41, 5.74) is 8.12. The van der Waals surface area contributed by atoms with Crippen molar-refractivity contribution in [2.24, 2.45) is 11.7 Å². The number of rotatable bonds is 20. The maximum atomic E-state index is 12.3. The molecule has 3 aromatic rings. The summed E-state index contributed by atoms with van der Waals surface area (Å²) in [6.07, 6.45) is 1.27. The van der Waals surface area contributed by atoms with Gasteiger partial charge in [0.2, 0.25) is 23.8 Å². The van der Waals surface area contributed by atoms with Crippen molar-refractivity contribution in [1.82, 2.24) is 20.3 Å². The van der Waals surface area contributed by atoms with Crippen molar-refractivity contribution in [2.45, 2.75) is 33.2 Å². The Balaban J connectivity index is 1.53. The zero-order chi connectivity index (χ0) is 30.0. The molecular weight excluding hydrogens is 536 g/mol. The Bertz CT molecular complexity index is 1190. The van der Waals surface area contributed by atoms with Crippen LogP contribution in [0.1, 0.15) is 31.4 Å². The fourth-order valence-corrected chi connectivity index (χ4v) is 3.74. The highest BCUT2D eigenvalue weighted by molar-refractivity contribution is 5.78. The summed E-state index contributed by atoms with van der Waals surface area (Å²) in [6.45, 7) is 8.50. The predicted octanol–water partition coefficient (Wildman–Crippen LogP) is 3.34. The van der Waals surface area contributed by atoms with Gasteiger partial charge in [0.05, 0.1) is 40.0 Å². The number of carbonyl (C=O) groups is 1. The first kappa shape index (κ1) is 32.5. The van der Waals surface area contributed by atoms with Crippen LogP contribution >= 0.6 is 0 Å². The average molecular weight is 581 g/mol. The number of hydrogen-bond acceptors (Lipinski definition) is 11. The maximum Gasteiger partial charge on any atom is 0.233 e. The number of anilines is 4. The minimum absolute atomic E-state index is 0.0687. The smallest absolute Gasteiger partial charge is 0.233 e. The van der Waals surface area contributed by atoms with E-state index in [4.69, 9.17) is 19.9 Å². The Morgan fingerprint density at radius 3 is 2.12 bits per heavy atom. The third kappa shape index (κ3) is 12.7. The van der Waals surface area contributed by atoms with Crippen molar-refractivity contribution < 1.29 is 19.0 Å². The van der Waals surface area contributed by atoms with Gasteiger partial charge in [0, 0.05) is 31.9 Å². The summed E-state index contributed by atoms with van der Waals surface area (Å²) in [7, 11) is 1.65. The van der Waals surface area contributed by atoms with Crippen LogP contribution in [0.25, 0.3) is 0 Å². The lowest BCUT2D eigenvalue weighted by Gasteiger charge is -2.12. The second-order valence-corrected chi connectivity index (χ2v) is 9.98. The molecule has 0 aliphatic heterocycles. The number of methoxy groups -OCH3 is 1. The van der Waals surface area contributed by atoms with Crippen LogP contribution in [0.3, 0.4) is 0 Å². The lowest BCUT2D eigenvalue weighted by atomic mass is 10.1. The van der Waals surface area contributed by atoms with Crippen LogP contribution in [0.4, 0.5) is 23.5 Å². The fourth-order valence-electron chi connectivity index (χ4n) is 3.74. The van der Waals surface area contributed by atoms with E-state index in [2.05, 4.69) is 50.1 Å². The fraction of sp³-hybridized carbons (Fsp3) is 0.467. The van der Waals surface area contributed by atoms with Gasteiger partial charge >= 0.3 is 0 Å². The number of aromatic nitrogens is 3. The highest BCUT2D eigenvalue weighted by Crippen LogP contribution is 2.18. The summed E-state index contributed by atoms with van der Waals surface area (Å²) in [5, 5.41) is 12.7. The van der Waals surface area contributed by atoms with Gasteiger partial charge in [-0.1, -0.05) is 38.1 Å². The van der Waals surface area contributed by atoms with Gasteiger partial charge in [-0.25, -0.2) is 0 Å². The molecule has 3 rings (SSSR count). The quantitative estimate of drug-likeness (QED) is 0.125. The molecule has 228 valence electrons. The zero-order valence-electron chi connectivity index (χ0n) is 24.8. The van der Waals surface area contributed by atoms with E-state index < -0.39 is 0 Å². The Morgan fingerprint density at radius 2 is 1.45 bits per heavy atom. The number of nitrogens with zero attached hydrogens (tertiary/aromatic N) is 3. The van der Waals surface area contributed by atoms with Crippen LogP contribution in [0, 0.1) is 5.92 Å². The van der Waals surface area contributed by atoms with Crippen molar-refractivity contribution in [2.75, 3.05) is 69.1 Å². The highest BCUT2D eigenvalue weighted by atomic mass is 16.5. The average Bonchev–Trinajstić information content (AvgIpc) is 2.98. The van der Waals surface area contributed by atoms with Gasteiger partial charge in [-0.15, -0.1) is 0 Å². The molecular formula is C30H44N8O4. The van der Waals surface area contributed by atoms with E-state index in [1.807, 2.05) is 48.5 Å². The normalized spacial score (nSPS) is 10.9. The Kier molecular flexibility index (Phi) is 14.3. The highest BCUT2D eigenvalue weighted by Gasteiger charge is 2.09. The zero-order valence-corrected chi connectivity index (χ0v) is 24.8. The minimum atomic E-state index is -0.0687. The molecule has 0 atom stereocenters. The molecule has 0 saturated carbocycles. The first-order valence-electron chi connectivity index (χ1n) is 14.3. The summed E-state index contributed by atoms with van der Waals surface area (Å²) in [6, 6.07) is 15.4. The first-order valence-corrected chi connectivity index (χ1v) is 14.3. The predicted molar refractivity (Wildman–Crippen MR) is 165 cm³/mol. The lowest BCUT2D eigenvalue weighted by molar-refractivity contribution is -0.120. The second-order valence-electron chi connectivity index (χ2n) is 9.98. The monoisotopic (exact) mass is 580 g/mol. The summed E-state index contributed by atoms with van der Waals surface area (Å²) >= 11 is 0. The van der Waals surface area contributed by atoms with Crippen molar-refractivity contribution in [1.29, 1.82) is 0 Å². The third-order valence-corrected chi connectivity index (χ3v) is 6.03. The van der Waals surface area contributed by atoms with E-state index in [1.165, 1.54) is 0 Å². The molecule has 0 fully saturated rings. The van der Waals surface area contributed by atoms with E-state index in [9.17, 15) is 4.79 Å². The van der Waals surface area contributed by atoms with Gasteiger partial charge in [0.1, 0.15) is 5.75 Å². The van der Waals surface area contributed by atoms with E-state index in [0.717, 1.165) is 35.5 Å². The molecule has 1 aromatic heterocycles. The van der Waals surface area contributed by atoms with E-state index in [-0.39, 0.29) is 12.3 Å². The van der Waals surface area contributed by atoms with Crippen molar-refractivity contribution in [3.05, 3.63) is 59.7 Å². The molecule has 0 aliphatic carbocycles. The largest absolute Gasteiger partial charge is 0.497 e. The second kappa shape index (κ2) is 18.4. The van der Waals surface area contributed by atoms with Crippen LogP contribution in [0.5, 0.6) is 5.75 Å². The molecule has 42 heavy (non-hydrogen) atoms. The van der Waals surface area contributed by atoms with E-state index in [1.54, 1.807) is 7.11 Å². The van der Waals surface area contributed by atoms with Gasteiger partial charge in [-0.3, -0.25) is 4.79 Å². The van der Waals surface area contributed by atoms with Gasteiger partial charge < -0.3 is 41.2 Å². The van der Waals surface area contributed by atoms with E-state index >= 15 is 0 Å². The van der Waals surface area contributed by atoms with Crippen molar-refractivity contribution in [3.8, 4) is 5.75 Å². The molecule has 0 bridgehead atoms. The topological polar surface area (TPSA) is 158 Å². The Morgan fingerprint density at radius 1 is 0.810 bits per heavy atom. The lowest BCUT2D eigenvalue weighted by Crippen LogP contribution is -2.29. The molecule has 0 aliphatic rings. The van der Waals surface area contributed by atoms with Gasteiger partial charge in [0.15, 0.2) is 0 Å². The molecule has 0 spiro atoms. The Labute approximate surface area is 248 Å². The van der Waals surface area contributed by atoms with Crippen LogP contribution in [-0.4, -0.2) is 74.0 Å². The van der Waals surface area contributed by atoms with Crippen LogP contribution in [-0.2, 0) is 27.2 Å². The SMILES string of the molecule is COc1ccc(CNc2nc(NCCC(C)C)nc(Nc3ccc(CC(=O)NCCOCCOCCN)cc3)n2)cc1. The molecule has 12 nitrogen and oxygen atoms in total. The minimum Gasteiger partial charge on any atom is -0.497 e. The number of amides is 1. The maximum absolute atomic E-state index is 12.3. The van der Waals surface area contributed by atoms with Crippen molar-refractivity contribution >= 4 is 29.4 Å². The number of nitrogens with two attached hydrogens (primary N) is 1. The van der Waals surface area contributed by atoms with Crippen LogP contribution < -0.4 is 31.7 Å². The van der Waals surface area contributed by atoms with Crippen LogP contribution in [0.15, 0.2) is 48.5 Å². The molecule has 12 heteroatoms. The molecule has 2 aromatic carbocycles. The summed E-state index contributed by atoms with van der Waals surface area (Å²) in [5.74, 6) is 2.65. The molecule has 6 N–H and O–H groups in total. The Hall–Kier alpha value is -4.00. The number of ether oxygens (including phenoxy) is 3. The van der Waals surface area contributed by atoms with Crippen LogP contribution in [0.2, 0.25) is 0 Å².